The van der Waals surface area contributed by atoms with E-state index in [1.165, 1.54) is 23.3 Å². The zero-order chi connectivity index (χ0) is 14.7. The van der Waals surface area contributed by atoms with Crippen molar-refractivity contribution in [3.63, 3.8) is 0 Å². The lowest BCUT2D eigenvalue weighted by atomic mass is 10.2. The molecule has 0 amide bonds. The van der Waals surface area contributed by atoms with Crippen molar-refractivity contribution in [1.82, 2.24) is 25.5 Å². The molecule has 112 valence electrons. The third-order valence-corrected chi connectivity index (χ3v) is 4.33. The highest BCUT2D eigenvalue weighted by Crippen LogP contribution is 2.37. The minimum Gasteiger partial charge on any atom is -0.312 e. The molecule has 1 fully saturated rings. The van der Waals surface area contributed by atoms with Crippen LogP contribution in [0.15, 0.2) is 34.3 Å². The van der Waals surface area contributed by atoms with Crippen LogP contribution in [0, 0.1) is 5.92 Å². The van der Waals surface area contributed by atoms with E-state index >= 15 is 0 Å². The van der Waals surface area contributed by atoms with Gasteiger partial charge in [-0.25, -0.2) is 4.68 Å². The molecular formula is C15H21N5S. The highest BCUT2D eigenvalue weighted by Gasteiger charge is 2.27. The van der Waals surface area contributed by atoms with Gasteiger partial charge < -0.3 is 5.32 Å². The second kappa shape index (κ2) is 6.58. The Kier molecular flexibility index (Phi) is 4.55. The molecule has 21 heavy (non-hydrogen) atoms. The Labute approximate surface area is 129 Å². The zero-order valence-electron chi connectivity index (χ0n) is 12.5. The van der Waals surface area contributed by atoms with Crippen molar-refractivity contribution in [3.8, 4) is 0 Å². The lowest BCUT2D eigenvalue weighted by molar-refractivity contribution is 0.552. The largest absolute Gasteiger partial charge is 0.312 e. The Balaban J connectivity index is 1.57. The molecule has 1 N–H and O–H groups in total. The summed E-state index contributed by atoms with van der Waals surface area (Å²) in [7, 11) is 0. The fraction of sp³-hybridized carbons (Fsp3) is 0.533. The van der Waals surface area contributed by atoms with E-state index in [-0.39, 0.29) is 0 Å². The van der Waals surface area contributed by atoms with E-state index in [1.54, 1.807) is 11.8 Å². The van der Waals surface area contributed by atoms with Crippen molar-refractivity contribution >= 4 is 11.8 Å². The van der Waals surface area contributed by atoms with Crippen molar-refractivity contribution in [3.05, 3.63) is 29.8 Å². The van der Waals surface area contributed by atoms with Crippen molar-refractivity contribution < 1.29 is 0 Å². The SMILES string of the molecule is CC(C)CNCc1ccc(Sc2nnnn2C2CC2)cc1. The van der Waals surface area contributed by atoms with E-state index in [4.69, 9.17) is 0 Å². The molecule has 1 aliphatic carbocycles. The minimum absolute atomic E-state index is 0.516. The van der Waals surface area contributed by atoms with Crippen LogP contribution < -0.4 is 5.32 Å². The fourth-order valence-electron chi connectivity index (χ4n) is 2.09. The molecule has 1 heterocycles. The van der Waals surface area contributed by atoms with Crippen LogP contribution in [-0.4, -0.2) is 26.8 Å². The molecule has 0 spiro atoms. The predicted octanol–water partition coefficient (Wildman–Crippen LogP) is 2.90. The van der Waals surface area contributed by atoms with Gasteiger partial charge in [0.1, 0.15) is 0 Å². The van der Waals surface area contributed by atoms with Gasteiger partial charge in [0.25, 0.3) is 0 Å². The maximum atomic E-state index is 4.12. The molecular weight excluding hydrogens is 282 g/mol. The van der Waals surface area contributed by atoms with Gasteiger partial charge in [-0.1, -0.05) is 26.0 Å². The average Bonchev–Trinajstić information content (AvgIpc) is 3.21. The summed E-state index contributed by atoms with van der Waals surface area (Å²) in [6.45, 7) is 6.41. The van der Waals surface area contributed by atoms with E-state index in [9.17, 15) is 0 Å². The van der Waals surface area contributed by atoms with E-state index in [1.807, 2.05) is 4.68 Å². The molecule has 5 nitrogen and oxygen atoms in total. The first-order chi connectivity index (χ1) is 10.2. The molecule has 0 bridgehead atoms. The van der Waals surface area contributed by atoms with Crippen molar-refractivity contribution in [2.75, 3.05) is 6.54 Å². The van der Waals surface area contributed by atoms with E-state index in [2.05, 4.69) is 59.0 Å². The average molecular weight is 303 g/mol. The zero-order valence-corrected chi connectivity index (χ0v) is 13.3. The second-order valence-electron chi connectivity index (χ2n) is 5.91. The lowest BCUT2D eigenvalue weighted by Crippen LogP contribution is -2.18. The third-order valence-electron chi connectivity index (χ3n) is 3.37. The molecule has 0 saturated heterocycles. The van der Waals surface area contributed by atoms with Crippen LogP contribution >= 0.6 is 11.8 Å². The highest BCUT2D eigenvalue weighted by atomic mass is 32.2. The molecule has 0 radical (unpaired) electrons. The number of benzene rings is 1. The van der Waals surface area contributed by atoms with Gasteiger partial charge >= 0.3 is 0 Å². The van der Waals surface area contributed by atoms with Gasteiger partial charge in [-0.05, 0) is 65.2 Å². The summed E-state index contributed by atoms with van der Waals surface area (Å²) in [5, 5.41) is 16.3. The Hall–Kier alpha value is -1.40. The molecule has 2 aromatic rings. The predicted molar refractivity (Wildman–Crippen MR) is 83.2 cm³/mol. The number of nitrogens with one attached hydrogen (secondary N) is 1. The van der Waals surface area contributed by atoms with Crippen molar-refractivity contribution in [1.29, 1.82) is 0 Å². The maximum absolute atomic E-state index is 4.12. The summed E-state index contributed by atoms with van der Waals surface area (Å²) in [5.41, 5.74) is 1.31. The topological polar surface area (TPSA) is 55.6 Å². The number of rotatable bonds is 7. The highest BCUT2D eigenvalue weighted by molar-refractivity contribution is 7.99. The van der Waals surface area contributed by atoms with E-state index in [0.717, 1.165) is 18.2 Å². The number of hydrogen-bond acceptors (Lipinski definition) is 5. The van der Waals surface area contributed by atoms with Gasteiger partial charge in [0.05, 0.1) is 6.04 Å². The summed E-state index contributed by atoms with van der Waals surface area (Å²) in [5.74, 6) is 0.682. The van der Waals surface area contributed by atoms with Crippen LogP contribution in [0.1, 0.15) is 38.3 Å². The van der Waals surface area contributed by atoms with Gasteiger partial charge in [0.2, 0.25) is 5.16 Å². The summed E-state index contributed by atoms with van der Waals surface area (Å²) in [4.78, 5) is 1.18. The monoisotopic (exact) mass is 303 g/mol. The van der Waals surface area contributed by atoms with E-state index in [0.29, 0.717) is 12.0 Å². The molecule has 6 heteroatoms. The molecule has 0 unspecified atom stereocenters. The van der Waals surface area contributed by atoms with Crippen LogP contribution in [0.2, 0.25) is 0 Å². The number of nitrogens with zero attached hydrogens (tertiary/aromatic N) is 4. The lowest BCUT2D eigenvalue weighted by Gasteiger charge is -2.08. The third kappa shape index (κ3) is 4.04. The number of aromatic nitrogens is 4. The maximum Gasteiger partial charge on any atom is 0.214 e. The molecule has 0 atom stereocenters. The van der Waals surface area contributed by atoms with Gasteiger partial charge in [-0.15, -0.1) is 5.10 Å². The normalized spacial score (nSPS) is 14.8. The Morgan fingerprint density at radius 1 is 1.29 bits per heavy atom. The molecule has 1 aliphatic rings. The van der Waals surface area contributed by atoms with Gasteiger partial charge in [-0.3, -0.25) is 0 Å². The summed E-state index contributed by atoms with van der Waals surface area (Å²) >= 11 is 1.63. The van der Waals surface area contributed by atoms with Crippen LogP contribution in [0.4, 0.5) is 0 Å². The first-order valence-electron chi connectivity index (χ1n) is 7.48. The Morgan fingerprint density at radius 2 is 2.05 bits per heavy atom. The summed E-state index contributed by atoms with van der Waals surface area (Å²) < 4.78 is 1.95. The quantitative estimate of drug-likeness (QED) is 0.852. The van der Waals surface area contributed by atoms with Crippen LogP contribution in [0.3, 0.4) is 0 Å². The minimum atomic E-state index is 0.516. The van der Waals surface area contributed by atoms with Gasteiger partial charge in [0.15, 0.2) is 0 Å². The first-order valence-corrected chi connectivity index (χ1v) is 8.29. The van der Waals surface area contributed by atoms with Gasteiger partial charge in [0, 0.05) is 11.4 Å². The van der Waals surface area contributed by atoms with Crippen LogP contribution in [-0.2, 0) is 6.54 Å². The first kappa shape index (κ1) is 14.5. The molecule has 0 aliphatic heterocycles. The number of tetrazole rings is 1. The smallest absolute Gasteiger partial charge is 0.214 e. The Bertz CT molecular complexity index is 574. The van der Waals surface area contributed by atoms with Crippen molar-refractivity contribution in [2.45, 2.75) is 49.3 Å². The van der Waals surface area contributed by atoms with E-state index < -0.39 is 0 Å². The summed E-state index contributed by atoms with van der Waals surface area (Å²) in [6, 6.07) is 9.13. The summed E-state index contributed by atoms with van der Waals surface area (Å²) in [6.07, 6.45) is 2.39. The van der Waals surface area contributed by atoms with Crippen LogP contribution in [0.25, 0.3) is 0 Å². The van der Waals surface area contributed by atoms with Crippen molar-refractivity contribution in [2.24, 2.45) is 5.92 Å². The Morgan fingerprint density at radius 3 is 2.71 bits per heavy atom. The molecule has 1 aromatic heterocycles. The molecule has 1 saturated carbocycles. The molecule has 1 aromatic carbocycles. The fourth-order valence-corrected chi connectivity index (χ4v) is 2.93. The van der Waals surface area contributed by atoms with Gasteiger partial charge in [-0.2, -0.15) is 0 Å². The standard InChI is InChI=1S/C15H21N5S/c1-11(2)9-16-10-12-3-7-14(8-4-12)21-15-17-18-19-20(15)13-5-6-13/h3-4,7-8,11,13,16H,5-6,9-10H2,1-2H3. The van der Waals surface area contributed by atoms with Crippen LogP contribution in [0.5, 0.6) is 0 Å². The molecule has 3 rings (SSSR count). The number of hydrogen-bond donors (Lipinski definition) is 1. The second-order valence-corrected chi connectivity index (χ2v) is 6.95.